The summed E-state index contributed by atoms with van der Waals surface area (Å²) in [6, 6.07) is 9.08. The minimum Gasteiger partial charge on any atom is -0.493 e. The summed E-state index contributed by atoms with van der Waals surface area (Å²) in [6.07, 6.45) is 1.44. The molecule has 0 saturated heterocycles. The minimum absolute atomic E-state index is 0.00679. The lowest BCUT2D eigenvalue weighted by Gasteiger charge is -2.10. The van der Waals surface area contributed by atoms with E-state index in [1.165, 1.54) is 38.6 Å². The Morgan fingerprint density at radius 1 is 1.21 bits per heavy atom. The predicted octanol–water partition coefficient (Wildman–Crippen LogP) is 2.88. The number of hydrogen-bond acceptors (Lipinski definition) is 5. The quantitative estimate of drug-likeness (QED) is 0.476. The van der Waals surface area contributed by atoms with Crippen molar-refractivity contribution in [1.29, 1.82) is 0 Å². The van der Waals surface area contributed by atoms with E-state index < -0.39 is 17.6 Å². The molecule has 0 saturated carbocycles. The van der Waals surface area contributed by atoms with Crippen LogP contribution >= 0.6 is 15.9 Å². The second kappa shape index (κ2) is 10.4. The molecule has 2 rings (SSSR count). The fourth-order valence-corrected chi connectivity index (χ4v) is 2.90. The monoisotopic (exact) mass is 451 g/mol. The lowest BCUT2D eigenvalue weighted by atomic mass is 10.2. The van der Waals surface area contributed by atoms with E-state index in [0.717, 1.165) is 0 Å². The molecule has 0 aliphatic heterocycles. The Bertz CT molecular complexity index is 889. The van der Waals surface area contributed by atoms with Gasteiger partial charge in [0.15, 0.2) is 11.5 Å². The van der Waals surface area contributed by atoms with E-state index in [1.807, 2.05) is 0 Å². The van der Waals surface area contributed by atoms with Gasteiger partial charge < -0.3 is 14.8 Å². The van der Waals surface area contributed by atoms with Crippen LogP contribution in [0.3, 0.4) is 0 Å². The molecule has 2 amide bonds. The lowest BCUT2D eigenvalue weighted by Crippen LogP contribution is -2.29. The molecule has 0 aliphatic rings. The Kier molecular flexibility index (Phi) is 7.94. The van der Waals surface area contributed by atoms with Gasteiger partial charge in [-0.25, -0.2) is 9.82 Å². The fraction of sp³-hybridized carbons (Fsp3) is 0.211. The number of halogens is 2. The van der Waals surface area contributed by atoms with Crippen LogP contribution in [0.1, 0.15) is 22.3 Å². The number of amides is 2. The molecule has 0 fully saturated rings. The van der Waals surface area contributed by atoms with Gasteiger partial charge in [0.25, 0.3) is 5.91 Å². The van der Waals surface area contributed by atoms with Crippen molar-refractivity contribution in [3.63, 3.8) is 0 Å². The second-order valence-electron chi connectivity index (χ2n) is 5.52. The zero-order chi connectivity index (χ0) is 20.5. The Morgan fingerprint density at radius 3 is 2.64 bits per heavy atom. The van der Waals surface area contributed by atoms with Gasteiger partial charge in [-0.05, 0) is 45.8 Å². The molecular weight excluding hydrogens is 433 g/mol. The topological polar surface area (TPSA) is 89.0 Å². The van der Waals surface area contributed by atoms with Gasteiger partial charge in [0.05, 0.1) is 30.5 Å². The van der Waals surface area contributed by atoms with E-state index in [-0.39, 0.29) is 18.5 Å². The maximum absolute atomic E-state index is 13.5. The molecule has 2 aromatic carbocycles. The van der Waals surface area contributed by atoms with Gasteiger partial charge in [-0.3, -0.25) is 9.59 Å². The molecule has 7 nitrogen and oxygen atoms in total. The zero-order valence-corrected chi connectivity index (χ0v) is 16.9. The normalized spacial score (nSPS) is 10.6. The van der Waals surface area contributed by atoms with Crippen LogP contribution < -0.4 is 20.2 Å². The number of rotatable bonds is 8. The number of nitrogens with zero attached hydrogens (tertiary/aromatic N) is 1. The van der Waals surface area contributed by atoms with Crippen LogP contribution in [0.15, 0.2) is 46.0 Å². The molecule has 148 valence electrons. The van der Waals surface area contributed by atoms with Crippen molar-refractivity contribution >= 4 is 34.0 Å². The van der Waals surface area contributed by atoms with Gasteiger partial charge in [0.2, 0.25) is 5.91 Å². The average Bonchev–Trinajstić information content (AvgIpc) is 2.67. The van der Waals surface area contributed by atoms with Crippen LogP contribution in [0, 0.1) is 5.82 Å². The fourth-order valence-electron chi connectivity index (χ4n) is 2.28. The summed E-state index contributed by atoms with van der Waals surface area (Å²) in [5.41, 5.74) is 2.97. The van der Waals surface area contributed by atoms with Crippen LogP contribution in [0.25, 0.3) is 0 Å². The SMILES string of the molecule is COc1cc(C=NNC(=O)CCNC(=O)c2ccccc2F)cc(Br)c1OC. The first kappa shape index (κ1) is 21.4. The van der Waals surface area contributed by atoms with Crippen molar-refractivity contribution in [2.75, 3.05) is 20.8 Å². The zero-order valence-electron chi connectivity index (χ0n) is 15.3. The van der Waals surface area contributed by atoms with Crippen LogP contribution in [-0.4, -0.2) is 38.8 Å². The van der Waals surface area contributed by atoms with Crippen molar-refractivity contribution in [3.8, 4) is 11.5 Å². The van der Waals surface area contributed by atoms with E-state index in [4.69, 9.17) is 9.47 Å². The maximum Gasteiger partial charge on any atom is 0.254 e. The second-order valence-corrected chi connectivity index (χ2v) is 6.37. The number of hydrazone groups is 1. The number of methoxy groups -OCH3 is 2. The Labute approximate surface area is 170 Å². The highest BCUT2D eigenvalue weighted by Crippen LogP contribution is 2.35. The van der Waals surface area contributed by atoms with Crippen LogP contribution in [0.4, 0.5) is 4.39 Å². The number of ether oxygens (including phenoxy) is 2. The third kappa shape index (κ3) is 5.78. The van der Waals surface area contributed by atoms with Gasteiger partial charge in [-0.2, -0.15) is 5.10 Å². The molecule has 0 spiro atoms. The first-order valence-corrected chi connectivity index (χ1v) is 9.01. The maximum atomic E-state index is 13.5. The molecule has 2 aromatic rings. The van der Waals surface area contributed by atoms with Gasteiger partial charge in [0.1, 0.15) is 5.82 Å². The number of carbonyl (C=O) groups is 2. The van der Waals surface area contributed by atoms with E-state index in [1.54, 1.807) is 18.2 Å². The van der Waals surface area contributed by atoms with Crippen molar-refractivity contribution in [2.24, 2.45) is 5.10 Å². The summed E-state index contributed by atoms with van der Waals surface area (Å²) >= 11 is 3.37. The summed E-state index contributed by atoms with van der Waals surface area (Å²) in [7, 11) is 3.05. The van der Waals surface area contributed by atoms with Gasteiger partial charge in [-0.15, -0.1) is 0 Å². The minimum atomic E-state index is -0.616. The van der Waals surface area contributed by atoms with E-state index in [9.17, 15) is 14.0 Å². The van der Waals surface area contributed by atoms with Crippen LogP contribution in [0.5, 0.6) is 11.5 Å². The smallest absolute Gasteiger partial charge is 0.254 e. The van der Waals surface area contributed by atoms with Gasteiger partial charge in [0, 0.05) is 13.0 Å². The molecule has 0 atom stereocenters. The summed E-state index contributed by atoms with van der Waals surface area (Å²) in [5, 5.41) is 6.35. The molecule has 2 N–H and O–H groups in total. The van der Waals surface area contributed by atoms with Crippen molar-refractivity contribution in [2.45, 2.75) is 6.42 Å². The third-order valence-corrected chi connectivity index (χ3v) is 4.20. The molecular formula is C19H19BrFN3O4. The number of nitrogens with one attached hydrogen (secondary N) is 2. The van der Waals surface area contributed by atoms with E-state index in [2.05, 4.69) is 31.8 Å². The lowest BCUT2D eigenvalue weighted by molar-refractivity contribution is -0.120. The predicted molar refractivity (Wildman–Crippen MR) is 106 cm³/mol. The Hall–Kier alpha value is -2.94. The first-order valence-electron chi connectivity index (χ1n) is 8.22. The van der Waals surface area contributed by atoms with Crippen LogP contribution in [-0.2, 0) is 4.79 Å². The molecule has 0 heterocycles. The molecule has 0 aromatic heterocycles. The molecule has 0 unspecified atom stereocenters. The summed E-state index contributed by atoms with van der Waals surface area (Å²) < 4.78 is 24.6. The van der Waals surface area contributed by atoms with Gasteiger partial charge >= 0.3 is 0 Å². The first-order chi connectivity index (χ1) is 13.5. The summed E-state index contributed by atoms with van der Waals surface area (Å²) in [4.78, 5) is 23.7. The highest BCUT2D eigenvalue weighted by atomic mass is 79.9. The van der Waals surface area contributed by atoms with Crippen molar-refractivity contribution < 1.29 is 23.5 Å². The molecule has 9 heteroatoms. The molecule has 0 aliphatic carbocycles. The molecule has 0 bridgehead atoms. The summed E-state index contributed by atoms with van der Waals surface area (Å²) in [6.45, 7) is 0.0520. The molecule has 0 radical (unpaired) electrons. The van der Waals surface area contributed by atoms with Gasteiger partial charge in [-0.1, -0.05) is 12.1 Å². The summed E-state index contributed by atoms with van der Waals surface area (Å²) in [5.74, 6) is -0.529. The molecule has 28 heavy (non-hydrogen) atoms. The third-order valence-electron chi connectivity index (χ3n) is 3.61. The largest absolute Gasteiger partial charge is 0.493 e. The highest BCUT2D eigenvalue weighted by molar-refractivity contribution is 9.10. The average molecular weight is 452 g/mol. The van der Waals surface area contributed by atoms with E-state index >= 15 is 0 Å². The number of carbonyl (C=O) groups excluding carboxylic acids is 2. The van der Waals surface area contributed by atoms with E-state index in [0.29, 0.717) is 21.5 Å². The number of benzene rings is 2. The Morgan fingerprint density at radius 2 is 1.96 bits per heavy atom. The highest BCUT2D eigenvalue weighted by Gasteiger charge is 2.11. The Balaban J connectivity index is 1.83. The van der Waals surface area contributed by atoms with Crippen LogP contribution in [0.2, 0.25) is 0 Å². The van der Waals surface area contributed by atoms with Crippen molar-refractivity contribution in [1.82, 2.24) is 10.7 Å². The van der Waals surface area contributed by atoms with Crippen molar-refractivity contribution in [3.05, 3.63) is 57.8 Å². The number of hydrogen-bond donors (Lipinski definition) is 2. The standard InChI is InChI=1S/C19H19BrFN3O4/c1-27-16-10-12(9-14(20)18(16)28-2)11-23-24-17(25)7-8-22-19(26)13-5-3-4-6-15(13)21/h3-6,9-11H,7-8H2,1-2H3,(H,22,26)(H,24,25).